The molecule has 0 saturated carbocycles. The third-order valence-electron chi connectivity index (χ3n) is 3.83. The molecule has 2 N–H and O–H groups in total. The minimum atomic E-state index is -1.06. The van der Waals surface area contributed by atoms with Crippen LogP contribution in [0.15, 0.2) is 46.9 Å². The van der Waals surface area contributed by atoms with Crippen LogP contribution in [0.2, 0.25) is 0 Å². The summed E-state index contributed by atoms with van der Waals surface area (Å²) < 4.78 is 16.7. The molecule has 0 spiro atoms. The molecule has 0 bridgehead atoms. The molecule has 1 atom stereocenters. The monoisotopic (exact) mass is 451 g/mol. The fourth-order valence-corrected chi connectivity index (χ4v) is 3.13. The third kappa shape index (κ3) is 6.16. The SMILES string of the molecule is CCOc1c(Br)cc([C@@H](CC(=O)O)NC(=O)OCc2ccccc2)cc1OC. The molecule has 2 aromatic carbocycles. The largest absolute Gasteiger partial charge is 0.493 e. The number of nitrogens with one attached hydrogen (secondary N) is 1. The molecule has 0 unspecified atom stereocenters. The molecule has 150 valence electrons. The highest BCUT2D eigenvalue weighted by Crippen LogP contribution is 2.38. The van der Waals surface area contributed by atoms with Gasteiger partial charge in [-0.3, -0.25) is 4.79 Å². The predicted octanol–water partition coefficient (Wildman–Crippen LogP) is 4.30. The number of amides is 1. The summed E-state index contributed by atoms with van der Waals surface area (Å²) in [5.41, 5.74) is 1.38. The maximum atomic E-state index is 12.2. The molecular formula is C20H22BrNO6. The number of aliphatic carboxylic acids is 1. The molecule has 2 aromatic rings. The van der Waals surface area contributed by atoms with Crippen LogP contribution in [0.25, 0.3) is 0 Å². The van der Waals surface area contributed by atoms with Crippen molar-refractivity contribution in [2.75, 3.05) is 13.7 Å². The van der Waals surface area contributed by atoms with Crippen LogP contribution in [-0.4, -0.2) is 30.9 Å². The van der Waals surface area contributed by atoms with E-state index in [-0.39, 0.29) is 13.0 Å². The first-order valence-electron chi connectivity index (χ1n) is 8.63. The van der Waals surface area contributed by atoms with Crippen molar-refractivity contribution in [2.24, 2.45) is 0 Å². The van der Waals surface area contributed by atoms with Crippen molar-refractivity contribution in [2.45, 2.75) is 26.0 Å². The van der Waals surface area contributed by atoms with E-state index in [0.717, 1.165) is 5.56 Å². The quantitative estimate of drug-likeness (QED) is 0.590. The number of alkyl carbamates (subject to hydrolysis) is 1. The lowest BCUT2D eigenvalue weighted by molar-refractivity contribution is -0.137. The zero-order valence-corrected chi connectivity index (χ0v) is 17.2. The van der Waals surface area contributed by atoms with Crippen molar-refractivity contribution in [3.05, 3.63) is 58.1 Å². The van der Waals surface area contributed by atoms with E-state index in [1.165, 1.54) is 7.11 Å². The van der Waals surface area contributed by atoms with Crippen molar-refractivity contribution in [3.8, 4) is 11.5 Å². The number of benzene rings is 2. The first-order valence-corrected chi connectivity index (χ1v) is 9.43. The maximum Gasteiger partial charge on any atom is 0.407 e. The van der Waals surface area contributed by atoms with Crippen LogP contribution in [0.3, 0.4) is 0 Å². The summed E-state index contributed by atoms with van der Waals surface area (Å²) in [6.45, 7) is 2.37. The van der Waals surface area contributed by atoms with Gasteiger partial charge >= 0.3 is 12.1 Å². The summed E-state index contributed by atoms with van der Waals surface area (Å²) in [5, 5.41) is 11.8. The van der Waals surface area contributed by atoms with E-state index in [0.29, 0.717) is 28.1 Å². The molecular weight excluding hydrogens is 430 g/mol. The van der Waals surface area contributed by atoms with Gasteiger partial charge in [0.05, 0.1) is 30.7 Å². The molecule has 0 aromatic heterocycles. The van der Waals surface area contributed by atoms with Gasteiger partial charge in [-0.05, 0) is 46.1 Å². The molecule has 0 aliphatic carbocycles. The Labute approximate surface area is 171 Å². The Bertz CT molecular complexity index is 812. The van der Waals surface area contributed by atoms with Crippen LogP contribution >= 0.6 is 15.9 Å². The van der Waals surface area contributed by atoms with Crippen molar-refractivity contribution in [3.63, 3.8) is 0 Å². The Balaban J connectivity index is 2.17. The number of ether oxygens (including phenoxy) is 3. The van der Waals surface area contributed by atoms with Crippen molar-refractivity contribution in [1.29, 1.82) is 0 Å². The van der Waals surface area contributed by atoms with Crippen LogP contribution in [0.5, 0.6) is 11.5 Å². The number of carbonyl (C=O) groups is 2. The first kappa shape index (κ1) is 21.6. The van der Waals surface area contributed by atoms with Gasteiger partial charge in [0.15, 0.2) is 11.5 Å². The summed E-state index contributed by atoms with van der Waals surface area (Å²) in [6, 6.07) is 11.7. The fraction of sp³-hybridized carbons (Fsp3) is 0.300. The van der Waals surface area contributed by atoms with E-state index in [1.54, 1.807) is 12.1 Å². The van der Waals surface area contributed by atoms with Crippen molar-refractivity contribution in [1.82, 2.24) is 5.32 Å². The van der Waals surface area contributed by atoms with Gasteiger partial charge in [0.1, 0.15) is 6.61 Å². The van der Waals surface area contributed by atoms with Gasteiger partial charge in [-0.1, -0.05) is 30.3 Å². The Morgan fingerprint density at radius 3 is 2.54 bits per heavy atom. The Morgan fingerprint density at radius 2 is 1.93 bits per heavy atom. The van der Waals surface area contributed by atoms with Gasteiger partial charge in [0.2, 0.25) is 0 Å². The van der Waals surface area contributed by atoms with Crippen LogP contribution in [-0.2, 0) is 16.1 Å². The number of carboxylic acid groups (broad SMARTS) is 1. The van der Waals surface area contributed by atoms with Gasteiger partial charge in [0, 0.05) is 0 Å². The second-order valence-corrected chi connectivity index (χ2v) is 6.68. The van der Waals surface area contributed by atoms with E-state index in [4.69, 9.17) is 14.2 Å². The van der Waals surface area contributed by atoms with Crippen LogP contribution in [0.1, 0.15) is 30.5 Å². The van der Waals surface area contributed by atoms with Gasteiger partial charge < -0.3 is 24.6 Å². The molecule has 0 radical (unpaired) electrons. The Morgan fingerprint density at radius 1 is 1.21 bits per heavy atom. The highest BCUT2D eigenvalue weighted by molar-refractivity contribution is 9.10. The molecule has 0 saturated heterocycles. The second-order valence-electron chi connectivity index (χ2n) is 5.82. The summed E-state index contributed by atoms with van der Waals surface area (Å²) >= 11 is 3.41. The lowest BCUT2D eigenvalue weighted by Crippen LogP contribution is -2.30. The molecule has 1 amide bonds. The van der Waals surface area contributed by atoms with E-state index in [1.807, 2.05) is 37.3 Å². The minimum absolute atomic E-state index is 0.0861. The van der Waals surface area contributed by atoms with Crippen LogP contribution < -0.4 is 14.8 Å². The maximum absolute atomic E-state index is 12.2. The fourth-order valence-electron chi connectivity index (χ4n) is 2.56. The lowest BCUT2D eigenvalue weighted by Gasteiger charge is -2.20. The standard InChI is InChI=1S/C20H22BrNO6/c1-3-27-19-15(21)9-14(10-17(19)26-2)16(11-18(23)24)22-20(25)28-12-13-7-5-4-6-8-13/h4-10,16H,3,11-12H2,1-2H3,(H,22,25)(H,23,24)/t16-/m1/s1. The molecule has 0 aliphatic rings. The normalized spacial score (nSPS) is 11.4. The Hall–Kier alpha value is -2.74. The number of halogens is 1. The average Bonchev–Trinajstić information content (AvgIpc) is 2.67. The highest BCUT2D eigenvalue weighted by atomic mass is 79.9. The topological polar surface area (TPSA) is 94.1 Å². The highest BCUT2D eigenvalue weighted by Gasteiger charge is 2.22. The van der Waals surface area contributed by atoms with Gasteiger partial charge in [0.25, 0.3) is 0 Å². The van der Waals surface area contributed by atoms with Crippen molar-refractivity contribution >= 4 is 28.0 Å². The molecule has 2 rings (SSSR count). The zero-order chi connectivity index (χ0) is 20.5. The van der Waals surface area contributed by atoms with Crippen LogP contribution in [0, 0.1) is 0 Å². The summed E-state index contributed by atoms with van der Waals surface area (Å²) in [6.07, 6.45) is -1.02. The summed E-state index contributed by atoms with van der Waals surface area (Å²) in [4.78, 5) is 23.5. The van der Waals surface area contributed by atoms with Crippen molar-refractivity contribution < 1.29 is 28.9 Å². The first-order chi connectivity index (χ1) is 13.4. The third-order valence-corrected chi connectivity index (χ3v) is 4.42. The minimum Gasteiger partial charge on any atom is -0.493 e. The number of carbonyl (C=O) groups excluding carboxylic acids is 1. The van der Waals surface area contributed by atoms with E-state index >= 15 is 0 Å². The van der Waals surface area contributed by atoms with Gasteiger partial charge in [-0.15, -0.1) is 0 Å². The van der Waals surface area contributed by atoms with Gasteiger partial charge in [-0.2, -0.15) is 0 Å². The molecule has 7 nitrogen and oxygen atoms in total. The number of rotatable bonds is 9. The average molecular weight is 452 g/mol. The molecule has 0 heterocycles. The molecule has 0 fully saturated rings. The van der Waals surface area contributed by atoms with E-state index in [9.17, 15) is 14.7 Å². The predicted molar refractivity (Wildman–Crippen MR) is 107 cm³/mol. The number of hydrogen-bond donors (Lipinski definition) is 2. The molecule has 8 heteroatoms. The second kappa shape index (κ2) is 10.6. The number of carboxylic acids is 1. The smallest absolute Gasteiger partial charge is 0.407 e. The Kier molecular flexibility index (Phi) is 8.13. The summed E-state index contributed by atoms with van der Waals surface area (Å²) in [5.74, 6) is -0.118. The molecule has 28 heavy (non-hydrogen) atoms. The lowest BCUT2D eigenvalue weighted by atomic mass is 10.0. The van der Waals surface area contributed by atoms with Crippen LogP contribution in [0.4, 0.5) is 4.79 Å². The van der Waals surface area contributed by atoms with E-state index < -0.39 is 18.1 Å². The molecule has 0 aliphatic heterocycles. The summed E-state index contributed by atoms with van der Waals surface area (Å²) in [7, 11) is 1.49. The number of hydrogen-bond acceptors (Lipinski definition) is 5. The number of methoxy groups -OCH3 is 1. The van der Waals surface area contributed by atoms with Gasteiger partial charge in [-0.25, -0.2) is 4.79 Å². The van der Waals surface area contributed by atoms with E-state index in [2.05, 4.69) is 21.2 Å². The zero-order valence-electron chi connectivity index (χ0n) is 15.6.